The summed E-state index contributed by atoms with van der Waals surface area (Å²) < 4.78 is 59.9. The molecular formula is C28H21F4N7O3. The van der Waals surface area contributed by atoms with Crippen LogP contribution in [0.3, 0.4) is 0 Å². The highest BCUT2D eigenvalue weighted by Gasteiger charge is 2.31. The van der Waals surface area contributed by atoms with Crippen molar-refractivity contribution in [2.45, 2.75) is 13.1 Å². The van der Waals surface area contributed by atoms with Gasteiger partial charge >= 0.3 is 18.2 Å². The molecule has 5 aromatic rings. The van der Waals surface area contributed by atoms with Crippen LogP contribution in [0.5, 0.6) is 0 Å². The first kappa shape index (κ1) is 28.0. The van der Waals surface area contributed by atoms with E-state index in [4.69, 9.17) is 10.5 Å². The summed E-state index contributed by atoms with van der Waals surface area (Å²) in [5.41, 5.74) is 7.24. The number of esters is 1. The highest BCUT2D eigenvalue weighted by molar-refractivity contribution is 6.10. The van der Waals surface area contributed by atoms with E-state index in [0.29, 0.717) is 22.8 Å². The molecule has 0 fully saturated rings. The van der Waals surface area contributed by atoms with E-state index < -0.39 is 29.6 Å². The van der Waals surface area contributed by atoms with Crippen molar-refractivity contribution in [3.05, 3.63) is 90.1 Å². The average molecular weight is 580 g/mol. The predicted octanol–water partition coefficient (Wildman–Crippen LogP) is 6.02. The third-order valence-corrected chi connectivity index (χ3v) is 6.09. The number of anilines is 3. The maximum absolute atomic E-state index is 14.2. The molecule has 214 valence electrons. The maximum Gasteiger partial charge on any atom is 0.416 e. The molecule has 10 nitrogen and oxygen atoms in total. The maximum atomic E-state index is 14.2. The third kappa shape index (κ3) is 5.54. The van der Waals surface area contributed by atoms with Crippen LogP contribution in [-0.4, -0.2) is 38.2 Å². The van der Waals surface area contributed by atoms with E-state index in [1.807, 2.05) is 0 Å². The number of hydrogen-bond donors (Lipinski definition) is 3. The number of alkyl halides is 3. The summed E-state index contributed by atoms with van der Waals surface area (Å²) in [7, 11) is 0. The van der Waals surface area contributed by atoms with Gasteiger partial charge in [-0.2, -0.15) is 18.3 Å². The monoisotopic (exact) mass is 579 g/mol. The number of carbonyl (C=O) groups is 2. The van der Waals surface area contributed by atoms with Gasteiger partial charge in [0, 0.05) is 23.0 Å². The van der Waals surface area contributed by atoms with Gasteiger partial charge in [0.1, 0.15) is 23.5 Å². The molecule has 0 aliphatic rings. The molecule has 0 bridgehead atoms. The van der Waals surface area contributed by atoms with Gasteiger partial charge in [-0.3, -0.25) is 5.32 Å². The Morgan fingerprint density at radius 1 is 1.00 bits per heavy atom. The first-order valence-electron chi connectivity index (χ1n) is 12.4. The summed E-state index contributed by atoms with van der Waals surface area (Å²) in [6, 6.07) is 12.5. The molecule has 0 saturated carbocycles. The number of carbonyl (C=O) groups excluding carboxylic acids is 2. The lowest BCUT2D eigenvalue weighted by Gasteiger charge is -2.11. The molecule has 42 heavy (non-hydrogen) atoms. The van der Waals surface area contributed by atoms with E-state index in [-0.39, 0.29) is 40.7 Å². The first-order chi connectivity index (χ1) is 20.1. The van der Waals surface area contributed by atoms with Crippen molar-refractivity contribution in [1.82, 2.24) is 19.6 Å². The van der Waals surface area contributed by atoms with E-state index in [9.17, 15) is 27.2 Å². The van der Waals surface area contributed by atoms with Crippen LogP contribution in [0.25, 0.3) is 27.9 Å². The second-order valence-corrected chi connectivity index (χ2v) is 8.82. The summed E-state index contributed by atoms with van der Waals surface area (Å²) in [5, 5.41) is 9.04. The van der Waals surface area contributed by atoms with E-state index in [0.717, 1.165) is 12.3 Å². The normalized spacial score (nSPS) is 11.4. The minimum Gasteiger partial charge on any atom is -0.462 e. The van der Waals surface area contributed by atoms with Crippen LogP contribution in [0, 0.1) is 5.82 Å². The summed E-state index contributed by atoms with van der Waals surface area (Å²) in [6.07, 6.45) is -2.46. The molecule has 0 radical (unpaired) electrons. The zero-order valence-corrected chi connectivity index (χ0v) is 21.7. The molecule has 0 spiro atoms. The molecule has 3 heterocycles. The number of amides is 2. The minimum atomic E-state index is -4.60. The standard InChI is InChI=1S/C28H21F4N7O3/c1-2-42-26(40)22-21(24-25(33)35-14-36-39(24)23(22)16-4-3-5-18(29)12-16)15-6-8-19(9-7-15)37-27(41)38-20-13-17(10-11-34-20)28(30,31)32/h3-14H,2H2,1H3,(H2,33,35,36)(H2,34,37,38,41). The number of hydrogen-bond acceptors (Lipinski definition) is 7. The van der Waals surface area contributed by atoms with E-state index in [1.165, 1.54) is 41.2 Å². The van der Waals surface area contributed by atoms with Crippen LogP contribution in [0.1, 0.15) is 22.8 Å². The smallest absolute Gasteiger partial charge is 0.416 e. The second-order valence-electron chi connectivity index (χ2n) is 8.82. The van der Waals surface area contributed by atoms with Gasteiger partial charge in [0.25, 0.3) is 0 Å². The largest absolute Gasteiger partial charge is 0.462 e. The quantitative estimate of drug-likeness (QED) is 0.165. The average Bonchev–Trinajstić information content (AvgIpc) is 3.30. The Hall–Kier alpha value is -5.53. The molecule has 2 aromatic carbocycles. The molecule has 5 rings (SSSR count). The molecule has 0 saturated heterocycles. The number of rotatable bonds is 6. The summed E-state index contributed by atoms with van der Waals surface area (Å²) >= 11 is 0. The molecule has 0 atom stereocenters. The SMILES string of the molecule is CCOC(=O)c1c(-c2ccc(NC(=O)Nc3cc(C(F)(F)F)ccn3)cc2)c2c(N)ncnn2c1-c1cccc(F)c1. The Bertz CT molecular complexity index is 1800. The number of nitrogens with two attached hydrogens (primary N) is 1. The number of ether oxygens (including phenoxy) is 1. The minimum absolute atomic E-state index is 0.0448. The summed E-state index contributed by atoms with van der Waals surface area (Å²) in [5.74, 6) is -1.48. The molecule has 14 heteroatoms. The van der Waals surface area contributed by atoms with Crippen LogP contribution in [0.4, 0.5) is 39.7 Å². The highest BCUT2D eigenvalue weighted by Crippen LogP contribution is 2.40. The topological polar surface area (TPSA) is 137 Å². The predicted molar refractivity (Wildman–Crippen MR) is 146 cm³/mol. The Kier molecular flexibility index (Phi) is 7.44. The van der Waals surface area contributed by atoms with Crippen molar-refractivity contribution >= 4 is 34.8 Å². The number of benzene rings is 2. The Morgan fingerprint density at radius 3 is 2.45 bits per heavy atom. The lowest BCUT2D eigenvalue weighted by atomic mass is 9.98. The fourth-order valence-corrected chi connectivity index (χ4v) is 4.37. The van der Waals surface area contributed by atoms with E-state index in [2.05, 4.69) is 25.7 Å². The number of fused-ring (bicyclic) bond motifs is 1. The number of halogens is 4. The molecule has 4 N–H and O–H groups in total. The van der Waals surface area contributed by atoms with Crippen LogP contribution < -0.4 is 16.4 Å². The lowest BCUT2D eigenvalue weighted by molar-refractivity contribution is -0.137. The van der Waals surface area contributed by atoms with Gasteiger partial charge in [-0.15, -0.1) is 0 Å². The number of aromatic nitrogens is 4. The molecule has 2 amide bonds. The van der Waals surface area contributed by atoms with E-state index in [1.54, 1.807) is 25.1 Å². The van der Waals surface area contributed by atoms with Crippen molar-refractivity contribution in [1.29, 1.82) is 0 Å². The molecule has 3 aromatic heterocycles. The number of nitrogens with zero attached hydrogens (tertiary/aromatic N) is 4. The second kappa shape index (κ2) is 11.2. The lowest BCUT2D eigenvalue weighted by Crippen LogP contribution is -2.20. The Morgan fingerprint density at radius 2 is 1.76 bits per heavy atom. The van der Waals surface area contributed by atoms with Crippen molar-refractivity contribution < 1.29 is 31.9 Å². The van der Waals surface area contributed by atoms with Gasteiger partial charge in [-0.05, 0) is 48.9 Å². The highest BCUT2D eigenvalue weighted by atomic mass is 19.4. The van der Waals surface area contributed by atoms with Crippen molar-refractivity contribution in [2.24, 2.45) is 0 Å². The van der Waals surface area contributed by atoms with Gasteiger partial charge in [-0.1, -0.05) is 24.3 Å². The van der Waals surface area contributed by atoms with Crippen LogP contribution in [0.15, 0.2) is 73.2 Å². The molecular weight excluding hydrogens is 558 g/mol. The van der Waals surface area contributed by atoms with E-state index >= 15 is 0 Å². The van der Waals surface area contributed by atoms with Crippen molar-refractivity contribution in [3.63, 3.8) is 0 Å². The zero-order chi connectivity index (χ0) is 30.0. The summed E-state index contributed by atoms with van der Waals surface area (Å²) in [4.78, 5) is 33.6. The van der Waals surface area contributed by atoms with Gasteiger partial charge in [0.15, 0.2) is 5.82 Å². The van der Waals surface area contributed by atoms with Crippen LogP contribution in [-0.2, 0) is 10.9 Å². The Labute approximate surface area is 235 Å². The number of pyridine rings is 1. The number of nitrogen functional groups attached to an aromatic ring is 1. The Balaban J connectivity index is 1.53. The fourth-order valence-electron chi connectivity index (χ4n) is 4.37. The molecule has 0 aliphatic heterocycles. The zero-order valence-electron chi connectivity index (χ0n) is 21.7. The van der Waals surface area contributed by atoms with Gasteiger partial charge in [-0.25, -0.2) is 28.5 Å². The van der Waals surface area contributed by atoms with Crippen LogP contribution >= 0.6 is 0 Å². The fraction of sp³-hybridized carbons (Fsp3) is 0.107. The molecule has 0 aliphatic carbocycles. The van der Waals surface area contributed by atoms with Crippen molar-refractivity contribution in [3.8, 4) is 22.4 Å². The molecule has 0 unspecified atom stereocenters. The van der Waals surface area contributed by atoms with Crippen molar-refractivity contribution in [2.75, 3.05) is 23.0 Å². The number of urea groups is 1. The summed E-state index contributed by atoms with van der Waals surface area (Å²) in [6.45, 7) is 1.71. The third-order valence-electron chi connectivity index (χ3n) is 6.09. The van der Waals surface area contributed by atoms with Gasteiger partial charge in [0.05, 0.1) is 23.4 Å². The van der Waals surface area contributed by atoms with Gasteiger partial charge < -0.3 is 15.8 Å². The van der Waals surface area contributed by atoms with Gasteiger partial charge in [0.2, 0.25) is 0 Å². The first-order valence-corrected chi connectivity index (χ1v) is 12.4. The van der Waals surface area contributed by atoms with Crippen LogP contribution in [0.2, 0.25) is 0 Å². The number of nitrogens with one attached hydrogen (secondary N) is 2.